The number of carbonyl (C=O) groups excluding carboxylic acids is 12. The van der Waals surface area contributed by atoms with Gasteiger partial charge in [0.1, 0.15) is 47.8 Å². The molecule has 0 radical (unpaired) electrons. The van der Waals surface area contributed by atoms with E-state index in [0.717, 1.165) is 62.7 Å². The molecular weight excluding hydrogens is 1320 g/mol. The molecule has 3 unspecified atom stereocenters. The van der Waals surface area contributed by atoms with Gasteiger partial charge in [-0.15, -0.1) is 11.6 Å². The Bertz CT molecular complexity index is 2940. The molecular formula is C72H114ClF3N12O12. The molecule has 12 amide bonds. The van der Waals surface area contributed by atoms with E-state index in [4.69, 9.17) is 11.6 Å². The van der Waals surface area contributed by atoms with Crippen molar-refractivity contribution in [3.63, 3.8) is 0 Å². The molecule has 1 spiro atoms. The Morgan fingerprint density at radius 3 is 1.77 bits per heavy atom. The number of nitrogens with zero attached hydrogens (tertiary/aromatic N) is 9. The predicted octanol–water partition coefficient (Wildman–Crippen LogP) is 5.85. The number of hydrogen-bond donors (Lipinski definition) is 3. The molecule has 8 rings (SSSR count). The van der Waals surface area contributed by atoms with Gasteiger partial charge in [-0.1, -0.05) is 84.5 Å². The molecule has 100 heavy (non-hydrogen) atoms. The van der Waals surface area contributed by atoms with E-state index in [-0.39, 0.29) is 88.0 Å². The highest BCUT2D eigenvalue weighted by Gasteiger charge is 2.53. The Balaban J connectivity index is 1.15. The zero-order valence-corrected chi connectivity index (χ0v) is 61.5. The van der Waals surface area contributed by atoms with Crippen LogP contribution in [0.4, 0.5) is 13.2 Å². The number of piperidine rings is 1. The van der Waals surface area contributed by atoms with Gasteiger partial charge in [0.15, 0.2) is 0 Å². The third-order valence-electron chi connectivity index (χ3n) is 23.7. The average Bonchev–Trinajstić information content (AvgIpc) is 1.62. The molecule has 3 heterocycles. The summed E-state index contributed by atoms with van der Waals surface area (Å²) in [6, 6.07) is -8.36. The molecule has 11 atom stereocenters. The van der Waals surface area contributed by atoms with Crippen LogP contribution in [0.2, 0.25) is 0 Å². The predicted molar refractivity (Wildman–Crippen MR) is 368 cm³/mol. The lowest BCUT2D eigenvalue weighted by Crippen LogP contribution is -2.65. The molecule has 8 fully saturated rings. The monoisotopic (exact) mass is 1430 g/mol. The molecule has 0 bridgehead atoms. The molecule has 8 aliphatic rings. The molecule has 0 aromatic carbocycles. The zero-order chi connectivity index (χ0) is 73.1. The number of carbonyl (C=O) groups is 12. The Labute approximate surface area is 594 Å². The van der Waals surface area contributed by atoms with Crippen molar-refractivity contribution in [2.24, 2.45) is 35.5 Å². The van der Waals surface area contributed by atoms with Crippen LogP contribution in [0.15, 0.2) is 0 Å². The highest BCUT2D eigenvalue weighted by molar-refractivity contribution is 6.21. The van der Waals surface area contributed by atoms with Crippen LogP contribution in [0.25, 0.3) is 0 Å². The van der Waals surface area contributed by atoms with Gasteiger partial charge in [0, 0.05) is 74.3 Å². The number of amides is 12. The normalized spacial score (nSPS) is 30.8. The summed E-state index contributed by atoms with van der Waals surface area (Å²) in [6.07, 6.45) is 9.16. The summed E-state index contributed by atoms with van der Waals surface area (Å²) in [5, 5.41) is 7.67. The molecule has 0 aromatic rings. The van der Waals surface area contributed by atoms with E-state index in [1.807, 2.05) is 6.92 Å². The van der Waals surface area contributed by atoms with Crippen molar-refractivity contribution in [2.45, 2.75) is 259 Å². The summed E-state index contributed by atoms with van der Waals surface area (Å²) in [5.74, 6) is -10.4. The van der Waals surface area contributed by atoms with E-state index in [1.54, 1.807) is 18.9 Å². The van der Waals surface area contributed by atoms with Crippen LogP contribution >= 0.6 is 11.6 Å². The fraction of sp³-hybridized carbons (Fsp3) is 0.833. The average molecular weight is 1430 g/mol. The standard InChI is InChI=1S/C72H114ClF3N12O12/c1-10-45(2)60-68(98)82(5)43-58(91)80(3)44-59(92)83(6)54(40-46-23-14-11-15-24-46)66(96)81(4)42-56(89)77-52(33-29-47-28-32-50(51(73)39-47)72(74,75)76)65(95)88-38-22-27-53(88)63(93)79-71(34-18-19-35-71)70(100)86(9)62(48-25-16-12-17-26-48)69(99)84(7)55(67(97)87-36-20-13-21-37-87)41-57(90)85(8)61(49-30-31-49)64(94)78-60/h45-55,60-62H,10-44H2,1-9H3,(H,77,89)(H,78,94)(H,79,93)/t45-,47?,50?,51?,52-,53-,54-,55-,60-,61-,62-/m0/s1. The first-order valence-electron chi connectivity index (χ1n) is 37.4. The summed E-state index contributed by atoms with van der Waals surface area (Å²) in [6.45, 7) is 2.89. The highest BCUT2D eigenvalue weighted by atomic mass is 35.5. The van der Waals surface area contributed by atoms with Gasteiger partial charge in [0.25, 0.3) is 0 Å². The first-order chi connectivity index (χ1) is 47.4. The van der Waals surface area contributed by atoms with Crippen LogP contribution in [0.1, 0.15) is 200 Å². The van der Waals surface area contributed by atoms with Crippen LogP contribution in [-0.4, -0.2) is 263 Å². The van der Waals surface area contributed by atoms with Crippen molar-refractivity contribution < 1.29 is 70.7 Å². The van der Waals surface area contributed by atoms with Crippen molar-refractivity contribution in [1.82, 2.24) is 60.0 Å². The first-order valence-corrected chi connectivity index (χ1v) is 37.8. The largest absolute Gasteiger partial charge is 0.393 e. The summed E-state index contributed by atoms with van der Waals surface area (Å²) in [4.78, 5) is 191. The number of rotatable bonds is 10. The minimum atomic E-state index is -4.50. The smallest absolute Gasteiger partial charge is 0.343 e. The lowest BCUT2D eigenvalue weighted by molar-refractivity contribution is -0.182. The fourth-order valence-corrected chi connectivity index (χ4v) is 17.5. The van der Waals surface area contributed by atoms with E-state index in [9.17, 15) is 41.9 Å². The molecule has 562 valence electrons. The van der Waals surface area contributed by atoms with Gasteiger partial charge in [-0.2, -0.15) is 13.2 Å². The van der Waals surface area contributed by atoms with Gasteiger partial charge in [-0.3, -0.25) is 57.5 Å². The molecule has 3 saturated heterocycles. The summed E-state index contributed by atoms with van der Waals surface area (Å²) in [5.41, 5.74) is -1.54. The SMILES string of the molecule is CC[C@H](C)[C@@H]1NC(=O)[C@H](C2CC2)N(C)C(=O)C[C@@H](C(=O)N2CCCCC2)N(C)C(=O)[C@H](C2CCCCC2)N(C)C(=O)C2(CCCC2)NC(=O)[C@@H]2CCCN2C(=O)[C@H](CCC2CCC(C(F)(F)F)C(Cl)C2)NC(=O)CN(C)C(=O)[C@H](CC2CCCCC2)N(C)C(=O)CN(C)C(=O)CN(C)C1=O. The zero-order valence-electron chi connectivity index (χ0n) is 60.8. The van der Waals surface area contributed by atoms with Crippen LogP contribution in [-0.2, 0) is 57.5 Å². The Morgan fingerprint density at radius 1 is 0.560 bits per heavy atom. The maximum atomic E-state index is 15.8. The number of alkyl halides is 4. The second-order valence-corrected chi connectivity index (χ2v) is 31.4. The van der Waals surface area contributed by atoms with Crippen LogP contribution in [0.3, 0.4) is 0 Å². The number of hydrogen-bond acceptors (Lipinski definition) is 12. The summed E-state index contributed by atoms with van der Waals surface area (Å²) in [7, 11) is 10.2. The second kappa shape index (κ2) is 35.3. The minimum Gasteiger partial charge on any atom is -0.343 e. The molecule has 3 N–H and O–H groups in total. The van der Waals surface area contributed by atoms with Gasteiger partial charge in [-0.25, -0.2) is 0 Å². The Morgan fingerprint density at radius 2 is 1.16 bits per heavy atom. The van der Waals surface area contributed by atoms with Crippen molar-refractivity contribution in [3.05, 3.63) is 0 Å². The molecule has 3 aliphatic heterocycles. The second-order valence-electron chi connectivity index (χ2n) is 30.9. The van der Waals surface area contributed by atoms with Gasteiger partial charge < -0.3 is 60.0 Å². The fourth-order valence-electron chi connectivity index (χ4n) is 17.0. The van der Waals surface area contributed by atoms with E-state index in [1.165, 1.54) is 76.6 Å². The first kappa shape index (κ1) is 79.4. The highest BCUT2D eigenvalue weighted by Crippen LogP contribution is 2.44. The van der Waals surface area contributed by atoms with Crippen LogP contribution in [0.5, 0.6) is 0 Å². The molecule has 0 aromatic heterocycles. The van der Waals surface area contributed by atoms with Gasteiger partial charge >= 0.3 is 6.18 Å². The van der Waals surface area contributed by atoms with Crippen molar-refractivity contribution >= 4 is 82.5 Å². The maximum absolute atomic E-state index is 15.8. The van der Waals surface area contributed by atoms with Gasteiger partial charge in [-0.05, 0) is 139 Å². The number of likely N-dealkylation sites (tertiary alicyclic amines) is 1. The van der Waals surface area contributed by atoms with E-state index in [0.29, 0.717) is 77.3 Å². The molecule has 28 heteroatoms. The van der Waals surface area contributed by atoms with E-state index < -0.39 is 168 Å². The number of fused-ring (bicyclic) bond motifs is 1. The maximum Gasteiger partial charge on any atom is 0.393 e. The Kier molecular flexibility index (Phi) is 28.0. The Hall–Kier alpha value is -6.28. The molecule has 5 aliphatic carbocycles. The van der Waals surface area contributed by atoms with Crippen molar-refractivity contribution in [3.8, 4) is 0 Å². The van der Waals surface area contributed by atoms with Crippen LogP contribution in [0, 0.1) is 35.5 Å². The van der Waals surface area contributed by atoms with Crippen molar-refractivity contribution in [1.29, 1.82) is 0 Å². The third-order valence-corrected chi connectivity index (χ3v) is 24.2. The lowest BCUT2D eigenvalue weighted by atomic mass is 9.78. The number of nitrogens with one attached hydrogen (secondary N) is 3. The minimum absolute atomic E-state index is 0.00488. The quantitative estimate of drug-likeness (QED) is 0.218. The van der Waals surface area contributed by atoms with Crippen molar-refractivity contribution in [2.75, 3.05) is 88.6 Å². The topological polar surface area (TPSA) is 270 Å². The lowest BCUT2D eigenvalue weighted by Gasteiger charge is -2.43. The van der Waals surface area contributed by atoms with E-state index in [2.05, 4.69) is 16.0 Å². The molecule has 24 nitrogen and oxygen atoms in total. The third kappa shape index (κ3) is 19.5. The van der Waals surface area contributed by atoms with Gasteiger partial charge in [0.05, 0.1) is 32.0 Å². The molecule has 5 saturated carbocycles. The van der Waals surface area contributed by atoms with E-state index >= 15 is 28.8 Å². The number of halogens is 4. The number of likely N-dealkylation sites (N-methyl/N-ethyl adjacent to an activating group) is 7. The summed E-state index contributed by atoms with van der Waals surface area (Å²) < 4.78 is 42.1. The van der Waals surface area contributed by atoms with Gasteiger partial charge in [0.2, 0.25) is 70.9 Å². The van der Waals surface area contributed by atoms with Crippen LogP contribution < -0.4 is 16.0 Å². The summed E-state index contributed by atoms with van der Waals surface area (Å²) >= 11 is 6.41.